The summed E-state index contributed by atoms with van der Waals surface area (Å²) in [6.07, 6.45) is 0. The maximum atomic E-state index is 12.4. The molecule has 2 N–H and O–H groups in total. The van der Waals surface area contributed by atoms with Crippen molar-refractivity contribution in [3.63, 3.8) is 0 Å². The van der Waals surface area contributed by atoms with Gasteiger partial charge in [0.2, 0.25) is 0 Å². The summed E-state index contributed by atoms with van der Waals surface area (Å²) in [5.74, 6) is 0.791. The molecule has 0 atom stereocenters. The summed E-state index contributed by atoms with van der Waals surface area (Å²) < 4.78 is 32.1. The van der Waals surface area contributed by atoms with E-state index >= 15 is 0 Å². The van der Waals surface area contributed by atoms with Gasteiger partial charge in [-0.3, -0.25) is 4.72 Å². The van der Waals surface area contributed by atoms with Crippen molar-refractivity contribution in [2.45, 2.75) is 25.3 Å². The van der Waals surface area contributed by atoms with E-state index in [0.29, 0.717) is 17.4 Å². The summed E-state index contributed by atoms with van der Waals surface area (Å²) in [5.41, 5.74) is 1.19. The van der Waals surface area contributed by atoms with E-state index in [1.807, 2.05) is 18.2 Å². The summed E-state index contributed by atoms with van der Waals surface area (Å²) in [5, 5.41) is 15.2. The standard InChI is InChI=1S/C16H16ClN5O3S/c1-10-16(11(2)25-21-10)26(23,24)22-15-8-7-14(19-20-15)18-9-12-5-3-4-6-13(12)17/h3-8H,9H2,1-2H3,(H,18,19)(H,20,22). The van der Waals surface area contributed by atoms with Gasteiger partial charge in [0.15, 0.2) is 16.5 Å². The Morgan fingerprint density at radius 2 is 1.77 bits per heavy atom. The molecule has 0 saturated carbocycles. The molecule has 3 rings (SSSR count). The van der Waals surface area contributed by atoms with Gasteiger partial charge in [0, 0.05) is 11.6 Å². The van der Waals surface area contributed by atoms with Crippen LogP contribution in [-0.2, 0) is 16.6 Å². The minimum atomic E-state index is -3.85. The number of hydrogen-bond acceptors (Lipinski definition) is 7. The lowest BCUT2D eigenvalue weighted by Gasteiger charge is -2.08. The van der Waals surface area contributed by atoms with Crippen LogP contribution in [0.1, 0.15) is 17.0 Å². The fourth-order valence-electron chi connectivity index (χ4n) is 2.36. The fourth-order valence-corrected chi connectivity index (χ4v) is 3.89. The molecule has 136 valence electrons. The Labute approximate surface area is 155 Å². The van der Waals surface area contributed by atoms with E-state index in [2.05, 4.69) is 25.4 Å². The van der Waals surface area contributed by atoms with Gasteiger partial charge in [-0.25, -0.2) is 8.42 Å². The van der Waals surface area contributed by atoms with Crippen LogP contribution in [-0.4, -0.2) is 23.8 Å². The molecule has 2 heterocycles. The molecular weight excluding hydrogens is 378 g/mol. The molecule has 0 aliphatic heterocycles. The van der Waals surface area contributed by atoms with Crippen molar-refractivity contribution < 1.29 is 12.9 Å². The van der Waals surface area contributed by atoms with Crippen LogP contribution in [0, 0.1) is 13.8 Å². The number of aryl methyl sites for hydroxylation is 2. The third kappa shape index (κ3) is 3.94. The Bertz CT molecular complexity index is 999. The van der Waals surface area contributed by atoms with Crippen molar-refractivity contribution in [2.24, 2.45) is 0 Å². The second kappa shape index (κ2) is 7.30. The molecule has 0 aliphatic carbocycles. The molecule has 0 fully saturated rings. The third-order valence-corrected chi connectivity index (χ3v) is 5.52. The largest absolute Gasteiger partial charge is 0.364 e. The zero-order chi connectivity index (χ0) is 18.7. The van der Waals surface area contributed by atoms with Crippen molar-refractivity contribution in [3.8, 4) is 0 Å². The van der Waals surface area contributed by atoms with Crippen LogP contribution in [0.25, 0.3) is 0 Å². The van der Waals surface area contributed by atoms with Crippen molar-refractivity contribution in [3.05, 3.63) is 58.4 Å². The van der Waals surface area contributed by atoms with E-state index in [1.165, 1.54) is 13.0 Å². The van der Waals surface area contributed by atoms with Crippen LogP contribution in [0.15, 0.2) is 45.8 Å². The van der Waals surface area contributed by atoms with Gasteiger partial charge < -0.3 is 9.84 Å². The first-order valence-corrected chi connectivity index (χ1v) is 9.49. The molecule has 0 spiro atoms. The van der Waals surface area contributed by atoms with Gasteiger partial charge in [-0.1, -0.05) is 35.0 Å². The van der Waals surface area contributed by atoms with Crippen LogP contribution in [0.2, 0.25) is 5.02 Å². The van der Waals surface area contributed by atoms with Crippen molar-refractivity contribution in [2.75, 3.05) is 10.0 Å². The fraction of sp³-hybridized carbons (Fsp3) is 0.188. The minimum absolute atomic E-state index is 0.000205. The molecule has 0 aliphatic rings. The highest BCUT2D eigenvalue weighted by atomic mass is 35.5. The Balaban J connectivity index is 1.69. The third-order valence-electron chi connectivity index (χ3n) is 3.56. The maximum Gasteiger partial charge on any atom is 0.268 e. The average Bonchev–Trinajstić information content (AvgIpc) is 2.94. The van der Waals surface area contributed by atoms with E-state index in [0.717, 1.165) is 5.56 Å². The Hall–Kier alpha value is -2.65. The molecule has 1 aromatic carbocycles. The Morgan fingerprint density at radius 1 is 1.08 bits per heavy atom. The number of sulfonamides is 1. The number of halogens is 1. The summed E-state index contributed by atoms with van der Waals surface area (Å²) in [4.78, 5) is 0.000205. The molecule has 26 heavy (non-hydrogen) atoms. The normalized spacial score (nSPS) is 11.3. The number of hydrogen-bond donors (Lipinski definition) is 2. The zero-order valence-corrected chi connectivity index (χ0v) is 15.6. The van der Waals surface area contributed by atoms with Gasteiger partial charge in [0.25, 0.3) is 10.0 Å². The zero-order valence-electron chi connectivity index (χ0n) is 14.0. The van der Waals surface area contributed by atoms with Crippen LogP contribution in [0.4, 0.5) is 11.6 Å². The Kier molecular flexibility index (Phi) is 5.10. The van der Waals surface area contributed by atoms with Crippen LogP contribution in [0.3, 0.4) is 0 Å². The van der Waals surface area contributed by atoms with E-state index in [9.17, 15) is 8.42 Å². The number of anilines is 2. The molecule has 3 aromatic rings. The average molecular weight is 394 g/mol. The molecule has 0 amide bonds. The van der Waals surface area contributed by atoms with Crippen molar-refractivity contribution >= 4 is 33.3 Å². The minimum Gasteiger partial charge on any atom is -0.364 e. The molecule has 2 aromatic heterocycles. The summed E-state index contributed by atoms with van der Waals surface area (Å²) in [7, 11) is -3.85. The molecule has 10 heteroatoms. The van der Waals surface area contributed by atoms with Crippen molar-refractivity contribution in [1.29, 1.82) is 0 Å². The van der Waals surface area contributed by atoms with Crippen LogP contribution in [0.5, 0.6) is 0 Å². The number of aromatic nitrogens is 3. The molecule has 8 nitrogen and oxygen atoms in total. The van der Waals surface area contributed by atoms with Crippen LogP contribution >= 0.6 is 11.6 Å². The second-order valence-electron chi connectivity index (χ2n) is 5.51. The molecular formula is C16H16ClN5O3S. The number of nitrogens with one attached hydrogen (secondary N) is 2. The SMILES string of the molecule is Cc1noc(C)c1S(=O)(=O)Nc1ccc(NCc2ccccc2Cl)nn1. The lowest BCUT2D eigenvalue weighted by Crippen LogP contribution is -2.16. The van der Waals surface area contributed by atoms with Crippen molar-refractivity contribution in [1.82, 2.24) is 15.4 Å². The van der Waals surface area contributed by atoms with E-state index in [4.69, 9.17) is 16.1 Å². The van der Waals surface area contributed by atoms with E-state index in [1.54, 1.807) is 19.1 Å². The van der Waals surface area contributed by atoms with Gasteiger partial charge in [-0.2, -0.15) is 0 Å². The van der Waals surface area contributed by atoms with Gasteiger partial charge in [-0.15, -0.1) is 10.2 Å². The highest BCUT2D eigenvalue weighted by molar-refractivity contribution is 7.92. The lowest BCUT2D eigenvalue weighted by molar-refractivity contribution is 0.390. The number of rotatable bonds is 6. The molecule has 0 saturated heterocycles. The maximum absolute atomic E-state index is 12.4. The smallest absolute Gasteiger partial charge is 0.268 e. The lowest BCUT2D eigenvalue weighted by atomic mass is 10.2. The van der Waals surface area contributed by atoms with Crippen LogP contribution < -0.4 is 10.0 Å². The highest BCUT2D eigenvalue weighted by Crippen LogP contribution is 2.22. The predicted octanol–water partition coefficient (Wildman–Crippen LogP) is 3.15. The number of nitrogens with zero attached hydrogens (tertiary/aromatic N) is 3. The van der Waals surface area contributed by atoms with E-state index in [-0.39, 0.29) is 22.2 Å². The summed E-state index contributed by atoms with van der Waals surface area (Å²) >= 11 is 6.10. The molecule has 0 radical (unpaired) electrons. The Morgan fingerprint density at radius 3 is 2.38 bits per heavy atom. The first-order valence-electron chi connectivity index (χ1n) is 7.63. The van der Waals surface area contributed by atoms with Gasteiger partial charge >= 0.3 is 0 Å². The summed E-state index contributed by atoms with van der Waals surface area (Å²) in [6.45, 7) is 3.55. The predicted molar refractivity (Wildman–Crippen MR) is 97.6 cm³/mol. The first kappa shape index (κ1) is 18.2. The first-order chi connectivity index (χ1) is 12.4. The molecule has 0 bridgehead atoms. The topological polar surface area (TPSA) is 110 Å². The molecule has 0 unspecified atom stereocenters. The van der Waals surface area contributed by atoms with E-state index < -0.39 is 10.0 Å². The quantitative estimate of drug-likeness (QED) is 0.661. The summed E-state index contributed by atoms with van der Waals surface area (Å²) in [6, 6.07) is 10.6. The second-order valence-corrected chi connectivity index (χ2v) is 7.53. The highest BCUT2D eigenvalue weighted by Gasteiger charge is 2.24. The van der Waals surface area contributed by atoms with Gasteiger partial charge in [0.05, 0.1) is 0 Å². The number of benzene rings is 1. The van der Waals surface area contributed by atoms with Gasteiger partial charge in [-0.05, 0) is 37.6 Å². The monoisotopic (exact) mass is 393 g/mol. The van der Waals surface area contributed by atoms with Gasteiger partial charge in [0.1, 0.15) is 11.5 Å².